The molecule has 32 heavy (non-hydrogen) atoms. The van der Waals surface area contributed by atoms with Gasteiger partial charge in [0.25, 0.3) is 0 Å². The normalized spacial score (nSPS) is 23.5. The zero-order chi connectivity index (χ0) is 23.3. The van der Waals surface area contributed by atoms with Crippen LogP contribution in [0.15, 0.2) is 53.4 Å². The topological polar surface area (TPSA) is 79.0 Å². The van der Waals surface area contributed by atoms with Crippen LogP contribution in [0.3, 0.4) is 0 Å². The van der Waals surface area contributed by atoms with Crippen LogP contribution in [0.2, 0.25) is 5.02 Å². The third kappa shape index (κ3) is 4.50. The molecule has 2 atom stereocenters. The lowest BCUT2D eigenvalue weighted by molar-refractivity contribution is -0.274. The van der Waals surface area contributed by atoms with Crippen molar-refractivity contribution in [3.05, 3.63) is 53.6 Å². The van der Waals surface area contributed by atoms with E-state index in [1.807, 2.05) is 6.92 Å². The number of hydrogen-bond donors (Lipinski definition) is 1. The Hall–Kier alpha value is -2.50. The van der Waals surface area contributed by atoms with Crippen LogP contribution < -0.4 is 14.4 Å². The number of amides is 2. The molecular weight excluding hydrogens is 471 g/mol. The minimum atomic E-state index is -4.80. The highest BCUT2D eigenvalue weighted by molar-refractivity contribution is 7.89. The number of ether oxygens (including phenoxy) is 1. The van der Waals surface area contributed by atoms with E-state index in [1.165, 1.54) is 35.2 Å². The standard InChI is InChI=1S/C20H19ClF3N3O4S/c1-19-10-14(25-32(29,30)17-4-2-3-13(21)9-17)11-27(19)18(28)26(12-19)15-5-7-16(8-6-15)31-20(22,23)24/h2-9,14,25H,10-12H2,1H3/t14-,19-/m0/s1. The fraction of sp³-hybridized carbons (Fsp3) is 0.350. The first-order valence-corrected chi connectivity index (χ1v) is 11.5. The second-order valence-corrected chi connectivity index (χ2v) is 10.1. The van der Waals surface area contributed by atoms with Crippen molar-refractivity contribution in [2.75, 3.05) is 18.0 Å². The van der Waals surface area contributed by atoms with Crippen LogP contribution in [-0.4, -0.2) is 50.4 Å². The van der Waals surface area contributed by atoms with E-state index in [-0.39, 0.29) is 29.8 Å². The molecule has 2 aliphatic rings. The van der Waals surface area contributed by atoms with Crippen LogP contribution in [-0.2, 0) is 10.0 Å². The number of fused-ring (bicyclic) bond motifs is 1. The minimum Gasteiger partial charge on any atom is -0.406 e. The lowest BCUT2D eigenvalue weighted by atomic mass is 9.98. The number of nitrogens with zero attached hydrogens (tertiary/aromatic N) is 2. The van der Waals surface area contributed by atoms with E-state index in [4.69, 9.17) is 11.6 Å². The van der Waals surface area contributed by atoms with E-state index >= 15 is 0 Å². The predicted octanol–water partition coefficient (Wildman–Crippen LogP) is 3.99. The fourth-order valence-corrected chi connectivity index (χ4v) is 5.72. The summed E-state index contributed by atoms with van der Waals surface area (Å²) < 4.78 is 68.9. The van der Waals surface area contributed by atoms with Crippen molar-refractivity contribution in [1.29, 1.82) is 0 Å². The van der Waals surface area contributed by atoms with Crippen LogP contribution in [0, 0.1) is 0 Å². The first-order chi connectivity index (χ1) is 14.9. The maximum atomic E-state index is 13.0. The number of halogens is 4. The molecule has 2 heterocycles. The number of urea groups is 1. The van der Waals surface area contributed by atoms with E-state index in [0.717, 1.165) is 12.1 Å². The average molecular weight is 490 g/mol. The van der Waals surface area contributed by atoms with Gasteiger partial charge in [0.2, 0.25) is 10.0 Å². The van der Waals surface area contributed by atoms with Crippen molar-refractivity contribution in [2.24, 2.45) is 0 Å². The molecule has 12 heteroatoms. The van der Waals surface area contributed by atoms with E-state index in [1.54, 1.807) is 11.0 Å². The van der Waals surface area contributed by atoms with Crippen LogP contribution in [0.25, 0.3) is 0 Å². The largest absolute Gasteiger partial charge is 0.573 e. The third-order valence-corrected chi connectivity index (χ3v) is 7.26. The Bertz CT molecular complexity index is 1140. The SMILES string of the molecule is C[C@@]12C[C@H](NS(=O)(=O)c3cccc(Cl)c3)CN1C(=O)N(c1ccc(OC(F)(F)F)cc1)C2. The molecule has 172 valence electrons. The first kappa shape index (κ1) is 22.7. The number of anilines is 1. The molecule has 0 unspecified atom stereocenters. The number of alkyl halides is 3. The first-order valence-electron chi connectivity index (χ1n) is 9.59. The zero-order valence-electron chi connectivity index (χ0n) is 16.8. The molecule has 2 aromatic rings. The summed E-state index contributed by atoms with van der Waals surface area (Å²) in [5, 5.41) is 0.296. The summed E-state index contributed by atoms with van der Waals surface area (Å²) in [6, 6.07) is 10.1. The Kier molecular flexibility index (Phi) is 5.54. The van der Waals surface area contributed by atoms with Gasteiger partial charge in [-0.25, -0.2) is 17.9 Å². The molecule has 0 bridgehead atoms. The summed E-state index contributed by atoms with van der Waals surface area (Å²) in [6.07, 6.45) is -4.42. The molecule has 7 nitrogen and oxygen atoms in total. The summed E-state index contributed by atoms with van der Waals surface area (Å²) in [7, 11) is -3.82. The molecule has 2 amide bonds. The number of carbonyl (C=O) groups is 1. The Morgan fingerprint density at radius 1 is 1.19 bits per heavy atom. The number of carbonyl (C=O) groups excluding carboxylic acids is 1. The summed E-state index contributed by atoms with van der Waals surface area (Å²) in [4.78, 5) is 16.1. The smallest absolute Gasteiger partial charge is 0.406 e. The maximum Gasteiger partial charge on any atom is 0.573 e. The quantitative estimate of drug-likeness (QED) is 0.689. The molecule has 4 rings (SSSR count). The lowest BCUT2D eigenvalue weighted by Gasteiger charge is -2.24. The van der Waals surface area contributed by atoms with Crippen LogP contribution in [0.4, 0.5) is 23.7 Å². The van der Waals surface area contributed by atoms with Crippen molar-refractivity contribution in [3.8, 4) is 5.75 Å². The van der Waals surface area contributed by atoms with Crippen LogP contribution in [0.1, 0.15) is 13.3 Å². The second kappa shape index (κ2) is 7.82. The predicted molar refractivity (Wildman–Crippen MR) is 111 cm³/mol. The van der Waals surface area contributed by atoms with E-state index in [2.05, 4.69) is 9.46 Å². The van der Waals surface area contributed by atoms with Gasteiger partial charge < -0.3 is 9.64 Å². The highest BCUT2D eigenvalue weighted by Crippen LogP contribution is 2.39. The molecule has 0 aliphatic carbocycles. The fourth-order valence-electron chi connectivity index (χ4n) is 4.19. The molecule has 0 aromatic heterocycles. The highest BCUT2D eigenvalue weighted by Gasteiger charge is 2.53. The van der Waals surface area contributed by atoms with Crippen molar-refractivity contribution in [1.82, 2.24) is 9.62 Å². The number of nitrogens with one attached hydrogen (secondary N) is 1. The zero-order valence-corrected chi connectivity index (χ0v) is 18.3. The summed E-state index contributed by atoms with van der Waals surface area (Å²) in [5.41, 5.74) is -0.212. The summed E-state index contributed by atoms with van der Waals surface area (Å²) in [5.74, 6) is -0.380. The molecule has 0 saturated carbocycles. The van der Waals surface area contributed by atoms with Gasteiger partial charge in [0.15, 0.2) is 0 Å². The summed E-state index contributed by atoms with van der Waals surface area (Å²) >= 11 is 5.89. The van der Waals surface area contributed by atoms with Gasteiger partial charge in [-0.2, -0.15) is 0 Å². The Morgan fingerprint density at radius 2 is 1.88 bits per heavy atom. The molecular formula is C20H19ClF3N3O4S. The minimum absolute atomic E-state index is 0.0383. The maximum absolute atomic E-state index is 13.0. The van der Waals surface area contributed by atoms with Gasteiger partial charge in [-0.05, 0) is 55.8 Å². The van der Waals surface area contributed by atoms with Gasteiger partial charge >= 0.3 is 12.4 Å². The Balaban J connectivity index is 1.45. The summed E-state index contributed by atoms with van der Waals surface area (Å²) in [6.45, 7) is 2.28. The second-order valence-electron chi connectivity index (χ2n) is 8.00. The number of rotatable bonds is 5. The van der Waals surface area contributed by atoms with Crippen molar-refractivity contribution >= 4 is 33.3 Å². The Labute approximate surface area is 187 Å². The molecule has 2 aromatic carbocycles. The number of hydrogen-bond acceptors (Lipinski definition) is 4. The van der Waals surface area contributed by atoms with E-state index in [9.17, 15) is 26.4 Å². The third-order valence-electron chi connectivity index (χ3n) is 5.51. The number of sulfonamides is 1. The van der Waals surface area contributed by atoms with E-state index in [0.29, 0.717) is 17.1 Å². The van der Waals surface area contributed by atoms with Crippen LogP contribution in [0.5, 0.6) is 5.75 Å². The average Bonchev–Trinajstić information content (AvgIpc) is 3.12. The Morgan fingerprint density at radius 3 is 2.47 bits per heavy atom. The van der Waals surface area contributed by atoms with Crippen molar-refractivity contribution in [2.45, 2.75) is 36.2 Å². The molecule has 2 saturated heterocycles. The van der Waals surface area contributed by atoms with Crippen LogP contribution >= 0.6 is 11.6 Å². The monoisotopic (exact) mass is 489 g/mol. The van der Waals surface area contributed by atoms with Gasteiger partial charge in [-0.3, -0.25) is 4.90 Å². The van der Waals surface area contributed by atoms with Gasteiger partial charge in [0, 0.05) is 23.3 Å². The highest BCUT2D eigenvalue weighted by atomic mass is 35.5. The molecule has 2 aliphatic heterocycles. The van der Waals surface area contributed by atoms with Crippen molar-refractivity contribution in [3.63, 3.8) is 0 Å². The number of benzene rings is 2. The lowest BCUT2D eigenvalue weighted by Crippen LogP contribution is -2.40. The molecule has 0 radical (unpaired) electrons. The molecule has 0 spiro atoms. The van der Waals surface area contributed by atoms with Gasteiger partial charge in [-0.1, -0.05) is 17.7 Å². The van der Waals surface area contributed by atoms with Gasteiger partial charge in [0.1, 0.15) is 5.75 Å². The molecule has 2 fully saturated rings. The van der Waals surface area contributed by atoms with Gasteiger partial charge in [-0.15, -0.1) is 13.2 Å². The van der Waals surface area contributed by atoms with Gasteiger partial charge in [0.05, 0.1) is 17.0 Å². The van der Waals surface area contributed by atoms with Crippen molar-refractivity contribution < 1.29 is 31.1 Å². The molecule has 1 N–H and O–H groups in total. The van der Waals surface area contributed by atoms with E-state index < -0.39 is 28.0 Å².